The van der Waals surface area contributed by atoms with E-state index in [4.69, 9.17) is 5.73 Å². The van der Waals surface area contributed by atoms with Crippen molar-refractivity contribution in [3.8, 4) is 0 Å². The number of aryl methyl sites for hydroxylation is 1. The number of fused-ring (bicyclic) bond motifs is 1. The minimum atomic E-state index is 0.492. The Hall–Kier alpha value is -1.87. The highest BCUT2D eigenvalue weighted by Crippen LogP contribution is 2.36. The van der Waals surface area contributed by atoms with E-state index < -0.39 is 0 Å². The largest absolute Gasteiger partial charge is 0.337 e. The summed E-state index contributed by atoms with van der Waals surface area (Å²) in [5, 5.41) is 0. The fourth-order valence-corrected chi connectivity index (χ4v) is 2.76. The number of pyridine rings is 1. The molecule has 0 fully saturated rings. The molecule has 0 saturated heterocycles. The molecule has 1 aromatic carbocycles. The second-order valence-corrected chi connectivity index (χ2v) is 5.10. The highest BCUT2D eigenvalue weighted by molar-refractivity contribution is 5.68. The van der Waals surface area contributed by atoms with Crippen molar-refractivity contribution in [2.75, 3.05) is 4.90 Å². The van der Waals surface area contributed by atoms with Crippen molar-refractivity contribution in [2.45, 2.75) is 32.4 Å². The van der Waals surface area contributed by atoms with Crippen LogP contribution in [0.2, 0.25) is 0 Å². The van der Waals surface area contributed by atoms with Gasteiger partial charge in [0, 0.05) is 18.3 Å². The Morgan fingerprint density at radius 1 is 1.26 bits per heavy atom. The zero-order valence-corrected chi connectivity index (χ0v) is 11.2. The summed E-state index contributed by atoms with van der Waals surface area (Å²) >= 11 is 0. The van der Waals surface area contributed by atoms with Gasteiger partial charge in [0.15, 0.2) is 0 Å². The normalized spacial score (nSPS) is 18.2. The number of nitrogens with two attached hydrogens (primary N) is 1. The van der Waals surface area contributed by atoms with Crippen LogP contribution >= 0.6 is 0 Å². The molecule has 1 unspecified atom stereocenters. The molecule has 0 saturated carbocycles. The van der Waals surface area contributed by atoms with Crippen molar-refractivity contribution < 1.29 is 0 Å². The summed E-state index contributed by atoms with van der Waals surface area (Å²) < 4.78 is 0. The topological polar surface area (TPSA) is 42.1 Å². The third kappa shape index (κ3) is 2.22. The molecule has 0 bridgehead atoms. The fraction of sp³-hybridized carbons (Fsp3) is 0.312. The van der Waals surface area contributed by atoms with Gasteiger partial charge in [0.2, 0.25) is 0 Å². The van der Waals surface area contributed by atoms with Gasteiger partial charge in [0.05, 0.1) is 17.6 Å². The lowest BCUT2D eigenvalue weighted by molar-refractivity contribution is 0.617. The molecule has 3 heteroatoms. The maximum absolute atomic E-state index is 5.61. The summed E-state index contributed by atoms with van der Waals surface area (Å²) in [4.78, 5) is 6.79. The summed E-state index contributed by atoms with van der Waals surface area (Å²) in [6.07, 6.45) is 4.26. The number of rotatable bonds is 2. The third-order valence-electron chi connectivity index (χ3n) is 3.82. The Kier molecular flexibility index (Phi) is 3.22. The summed E-state index contributed by atoms with van der Waals surface area (Å²) in [7, 11) is 0. The number of hydrogen-bond acceptors (Lipinski definition) is 3. The minimum absolute atomic E-state index is 0.492. The van der Waals surface area contributed by atoms with E-state index in [0.717, 1.165) is 17.8 Å². The van der Waals surface area contributed by atoms with Crippen molar-refractivity contribution in [2.24, 2.45) is 5.73 Å². The van der Waals surface area contributed by atoms with Gasteiger partial charge in [-0.1, -0.05) is 18.2 Å². The van der Waals surface area contributed by atoms with Crippen LogP contribution in [-0.4, -0.2) is 11.0 Å². The molecule has 0 radical (unpaired) electrons. The minimum Gasteiger partial charge on any atom is -0.337 e. The van der Waals surface area contributed by atoms with Gasteiger partial charge in [0.1, 0.15) is 0 Å². The molecule has 2 heterocycles. The molecule has 3 nitrogen and oxygen atoms in total. The van der Waals surface area contributed by atoms with E-state index in [2.05, 4.69) is 47.1 Å². The van der Waals surface area contributed by atoms with Crippen molar-refractivity contribution in [3.63, 3.8) is 0 Å². The van der Waals surface area contributed by atoms with E-state index in [1.165, 1.54) is 17.7 Å². The van der Waals surface area contributed by atoms with Gasteiger partial charge in [-0.05, 0) is 43.5 Å². The van der Waals surface area contributed by atoms with E-state index in [1.807, 2.05) is 12.3 Å². The van der Waals surface area contributed by atoms with Crippen LogP contribution in [-0.2, 0) is 13.0 Å². The Bertz CT molecular complexity index is 562. The van der Waals surface area contributed by atoms with Crippen LogP contribution in [0.3, 0.4) is 0 Å². The molecular weight excluding hydrogens is 234 g/mol. The van der Waals surface area contributed by atoms with Crippen LogP contribution in [0.4, 0.5) is 11.4 Å². The Morgan fingerprint density at radius 3 is 2.84 bits per heavy atom. The van der Waals surface area contributed by atoms with Gasteiger partial charge >= 0.3 is 0 Å². The average Bonchev–Trinajstić information content (AvgIpc) is 2.47. The molecule has 1 aliphatic heterocycles. The molecule has 19 heavy (non-hydrogen) atoms. The fourth-order valence-electron chi connectivity index (χ4n) is 2.76. The van der Waals surface area contributed by atoms with Gasteiger partial charge in [-0.15, -0.1) is 0 Å². The molecule has 2 N–H and O–H groups in total. The van der Waals surface area contributed by atoms with Crippen molar-refractivity contribution in [1.82, 2.24) is 4.98 Å². The van der Waals surface area contributed by atoms with Gasteiger partial charge in [-0.3, -0.25) is 4.98 Å². The number of nitrogens with zero attached hydrogens (tertiary/aromatic N) is 2. The molecule has 1 aromatic heterocycles. The summed E-state index contributed by atoms with van der Waals surface area (Å²) in [6, 6.07) is 13.3. The summed E-state index contributed by atoms with van der Waals surface area (Å²) in [5.41, 5.74) is 10.4. The monoisotopic (exact) mass is 253 g/mol. The van der Waals surface area contributed by atoms with Crippen molar-refractivity contribution in [3.05, 3.63) is 53.9 Å². The highest BCUT2D eigenvalue weighted by atomic mass is 15.2. The Morgan fingerprint density at radius 2 is 2.11 bits per heavy atom. The van der Waals surface area contributed by atoms with Gasteiger partial charge in [0.25, 0.3) is 0 Å². The molecule has 98 valence electrons. The lowest BCUT2D eigenvalue weighted by Crippen LogP contribution is -2.33. The first-order valence-corrected chi connectivity index (χ1v) is 6.81. The second-order valence-electron chi connectivity index (χ2n) is 5.10. The highest BCUT2D eigenvalue weighted by Gasteiger charge is 2.23. The molecule has 0 aliphatic carbocycles. The van der Waals surface area contributed by atoms with E-state index in [0.29, 0.717) is 12.6 Å². The first-order valence-electron chi connectivity index (χ1n) is 6.81. The zero-order valence-electron chi connectivity index (χ0n) is 11.2. The molecule has 1 aliphatic rings. The second kappa shape index (κ2) is 5.02. The molecule has 1 atom stereocenters. The molecule has 0 spiro atoms. The SMILES string of the molecule is CC1CCc2ccccc2N1c1ccc(CN)nc1. The lowest BCUT2D eigenvalue weighted by atomic mass is 9.96. The van der Waals surface area contributed by atoms with E-state index in [-0.39, 0.29) is 0 Å². The quantitative estimate of drug-likeness (QED) is 0.894. The molecule has 0 amide bonds. The van der Waals surface area contributed by atoms with Crippen LogP contribution in [0, 0.1) is 0 Å². The molecule has 2 aromatic rings. The molecular formula is C16H19N3. The predicted molar refractivity (Wildman–Crippen MR) is 78.5 cm³/mol. The van der Waals surface area contributed by atoms with Crippen LogP contribution in [0.15, 0.2) is 42.6 Å². The number of hydrogen-bond donors (Lipinski definition) is 1. The van der Waals surface area contributed by atoms with Crippen LogP contribution in [0.25, 0.3) is 0 Å². The Balaban J connectivity index is 2.02. The van der Waals surface area contributed by atoms with Crippen molar-refractivity contribution >= 4 is 11.4 Å². The number of para-hydroxylation sites is 1. The zero-order chi connectivity index (χ0) is 13.2. The first kappa shape index (κ1) is 12.2. The smallest absolute Gasteiger partial charge is 0.0600 e. The van der Waals surface area contributed by atoms with E-state index in [1.54, 1.807) is 0 Å². The van der Waals surface area contributed by atoms with Crippen molar-refractivity contribution in [1.29, 1.82) is 0 Å². The number of anilines is 2. The van der Waals surface area contributed by atoms with Crippen LogP contribution in [0.5, 0.6) is 0 Å². The molecule has 3 rings (SSSR count). The van der Waals surface area contributed by atoms with Gasteiger partial charge in [-0.2, -0.15) is 0 Å². The third-order valence-corrected chi connectivity index (χ3v) is 3.82. The number of aromatic nitrogens is 1. The predicted octanol–water partition coefficient (Wildman–Crippen LogP) is 3.01. The van der Waals surface area contributed by atoms with Crippen LogP contribution < -0.4 is 10.6 Å². The number of benzene rings is 1. The van der Waals surface area contributed by atoms with E-state index in [9.17, 15) is 0 Å². The summed E-state index contributed by atoms with van der Waals surface area (Å²) in [6.45, 7) is 2.76. The average molecular weight is 253 g/mol. The van der Waals surface area contributed by atoms with Crippen LogP contribution in [0.1, 0.15) is 24.6 Å². The maximum atomic E-state index is 5.61. The summed E-state index contributed by atoms with van der Waals surface area (Å²) in [5.74, 6) is 0. The first-order chi connectivity index (χ1) is 9.29. The maximum Gasteiger partial charge on any atom is 0.0600 e. The van der Waals surface area contributed by atoms with E-state index >= 15 is 0 Å². The Labute approximate surface area is 114 Å². The lowest BCUT2D eigenvalue weighted by Gasteiger charge is -2.37. The van der Waals surface area contributed by atoms with Gasteiger partial charge < -0.3 is 10.6 Å². The van der Waals surface area contributed by atoms with Gasteiger partial charge in [-0.25, -0.2) is 0 Å². The standard InChI is InChI=1S/C16H19N3/c1-12-6-7-13-4-2-3-5-16(13)19(12)15-9-8-14(10-17)18-11-15/h2-5,8-9,11-12H,6-7,10,17H2,1H3.